The number of nitrogens with one attached hydrogen (secondary N) is 2. The first-order chi connectivity index (χ1) is 22.4. The van der Waals surface area contributed by atoms with Gasteiger partial charge in [-0.25, -0.2) is 9.79 Å². The van der Waals surface area contributed by atoms with Crippen LogP contribution in [0.2, 0.25) is 0 Å². The fraction of sp³-hybridized carbons (Fsp3) is 0.182. The summed E-state index contributed by atoms with van der Waals surface area (Å²) in [5.74, 6) is -3.65. The van der Waals surface area contributed by atoms with Gasteiger partial charge in [-0.3, -0.25) is 9.78 Å². The van der Waals surface area contributed by atoms with Crippen molar-refractivity contribution in [2.24, 2.45) is 4.99 Å². The van der Waals surface area contributed by atoms with Crippen LogP contribution in [-0.2, 0) is 25.5 Å². The van der Waals surface area contributed by atoms with Crippen molar-refractivity contribution in [2.45, 2.75) is 31.7 Å². The fourth-order valence-corrected chi connectivity index (χ4v) is 4.57. The standard InChI is InChI=1S/C31H31N5O3S.C2HF3O2/c1-22(34-28(37)18-17-23-10-4-2-5-11-23)35-31(36-27-16-8-14-25-15-9-19-33-29(25)27)40-21-39-30(38)26(32)20-24-12-6-3-7-13-24;3-2(4,5)1(6)7/h2-19,22,26H,20-21,32H2,1H3,(H,34,37)(H,35,36);(H,6,7)/b18-17+;/t22?,26-;/m0./s1. The molecule has 1 aromatic heterocycles. The zero-order valence-corrected chi connectivity index (χ0v) is 26.0. The number of hydrogen-bond donors (Lipinski definition) is 3. The van der Waals surface area contributed by atoms with E-state index in [1.54, 1.807) is 19.2 Å². The number of benzene rings is 3. The summed E-state index contributed by atoms with van der Waals surface area (Å²) in [6.07, 6.45) is -0.321. The Labute approximate surface area is 272 Å². The smallest absolute Gasteiger partial charge is 0.430 e. The largest absolute Gasteiger partial charge is 0.542 e. The Balaban J connectivity index is 0.000000771. The lowest BCUT2D eigenvalue weighted by Gasteiger charge is -2.15. The number of thioether (sulfide) groups is 1. The summed E-state index contributed by atoms with van der Waals surface area (Å²) in [5.41, 5.74) is 7.43. The molecule has 1 unspecified atom stereocenters. The van der Waals surface area contributed by atoms with Crippen LogP contribution in [0.4, 0.5) is 18.9 Å². The third-order valence-corrected chi connectivity index (χ3v) is 6.77. The predicted molar refractivity (Wildman–Crippen MR) is 172 cm³/mol. The average Bonchev–Trinajstić information content (AvgIpc) is 3.04. The molecule has 14 heteroatoms. The van der Waals surface area contributed by atoms with Crippen LogP contribution in [0, 0.1) is 0 Å². The molecule has 0 aliphatic carbocycles. The number of esters is 1. The zero-order chi connectivity index (χ0) is 34.2. The quantitative estimate of drug-likeness (QED) is 0.0761. The number of amidine groups is 1. The molecule has 0 aliphatic rings. The van der Waals surface area contributed by atoms with E-state index in [0.29, 0.717) is 11.6 Å². The monoisotopic (exact) mass is 667 g/mol. The lowest BCUT2D eigenvalue weighted by atomic mass is 10.1. The number of quaternary nitrogens is 1. The zero-order valence-electron chi connectivity index (χ0n) is 25.1. The summed E-state index contributed by atoms with van der Waals surface area (Å²) in [4.78, 5) is 43.0. The minimum absolute atomic E-state index is 0.0260. The van der Waals surface area contributed by atoms with Crippen molar-refractivity contribution in [3.63, 3.8) is 0 Å². The van der Waals surface area contributed by atoms with Gasteiger partial charge in [0.15, 0.2) is 11.2 Å². The number of amides is 1. The predicted octanol–water partition coefficient (Wildman–Crippen LogP) is 3.56. The van der Waals surface area contributed by atoms with Crippen LogP contribution < -0.4 is 21.5 Å². The second kappa shape index (κ2) is 18.1. The summed E-state index contributed by atoms with van der Waals surface area (Å²) in [6.45, 7) is 1.77. The molecule has 0 aliphatic heterocycles. The summed E-state index contributed by atoms with van der Waals surface area (Å²) in [5, 5.41) is 16.4. The van der Waals surface area contributed by atoms with E-state index in [0.717, 1.165) is 27.7 Å². The highest BCUT2D eigenvalue weighted by molar-refractivity contribution is 8.14. The highest BCUT2D eigenvalue weighted by atomic mass is 32.2. The van der Waals surface area contributed by atoms with Gasteiger partial charge in [-0.15, -0.1) is 0 Å². The number of aliphatic carboxylic acids is 1. The number of hydrogen-bond acceptors (Lipinski definition) is 8. The van der Waals surface area contributed by atoms with Crippen molar-refractivity contribution >= 4 is 57.4 Å². The Kier molecular flexibility index (Phi) is 13.9. The second-order valence-electron chi connectivity index (χ2n) is 9.77. The number of carboxylic acid groups (broad SMARTS) is 1. The Morgan fingerprint density at radius 3 is 2.30 bits per heavy atom. The van der Waals surface area contributed by atoms with Gasteiger partial charge in [0, 0.05) is 24.1 Å². The molecule has 2 atom stereocenters. The summed E-state index contributed by atoms with van der Waals surface area (Å²) in [7, 11) is 0. The molecular weight excluding hydrogens is 635 g/mol. The van der Waals surface area contributed by atoms with Crippen LogP contribution in [0.15, 0.2) is 108 Å². The van der Waals surface area contributed by atoms with Crippen molar-refractivity contribution < 1.29 is 43.1 Å². The van der Waals surface area contributed by atoms with Crippen molar-refractivity contribution in [3.05, 3.63) is 114 Å². The van der Waals surface area contributed by atoms with Crippen LogP contribution in [0.5, 0.6) is 0 Å². The lowest BCUT2D eigenvalue weighted by molar-refractivity contribution is -0.407. The average molecular weight is 668 g/mol. The molecular formula is C33H32F3N5O5S. The molecule has 0 fully saturated rings. The number of fused-ring (bicyclic) bond motifs is 1. The van der Waals surface area contributed by atoms with Crippen molar-refractivity contribution in [1.82, 2.24) is 10.3 Å². The fourth-order valence-electron chi connectivity index (χ4n) is 3.87. The molecule has 0 radical (unpaired) electrons. The highest BCUT2D eigenvalue weighted by Crippen LogP contribution is 2.22. The van der Waals surface area contributed by atoms with E-state index >= 15 is 0 Å². The third kappa shape index (κ3) is 13.0. The molecule has 5 N–H and O–H groups in total. The van der Waals surface area contributed by atoms with Gasteiger partial charge in [0.2, 0.25) is 5.91 Å². The van der Waals surface area contributed by atoms with Gasteiger partial charge in [0.25, 0.3) is 0 Å². The van der Waals surface area contributed by atoms with E-state index in [4.69, 9.17) is 14.6 Å². The Hall–Kier alpha value is -5.21. The van der Waals surface area contributed by atoms with Gasteiger partial charge >= 0.3 is 12.1 Å². The van der Waals surface area contributed by atoms with E-state index < -0.39 is 30.3 Å². The van der Waals surface area contributed by atoms with E-state index in [9.17, 15) is 22.8 Å². The maximum Gasteiger partial charge on any atom is 0.430 e. The molecule has 47 heavy (non-hydrogen) atoms. The molecule has 0 saturated heterocycles. The van der Waals surface area contributed by atoms with Crippen LogP contribution in [0.25, 0.3) is 17.0 Å². The number of nitrogens with zero attached hydrogens (tertiary/aromatic N) is 2. The Morgan fingerprint density at radius 1 is 1.00 bits per heavy atom. The van der Waals surface area contributed by atoms with Gasteiger partial charge in [0.05, 0.1) is 11.2 Å². The van der Waals surface area contributed by atoms with Gasteiger partial charge in [-0.2, -0.15) is 13.2 Å². The van der Waals surface area contributed by atoms with Crippen LogP contribution >= 0.6 is 11.8 Å². The van der Waals surface area contributed by atoms with Gasteiger partial charge in [-0.05, 0) is 48.0 Å². The molecule has 246 valence electrons. The number of halogens is 3. The SMILES string of the molecule is CC(N=C(Nc1cccc2cccnc12)SCOC(=O)[C@@H]([NH3+])Cc1ccccc1)NC(=O)/C=C/c1ccccc1.O=C([O-])C(F)(F)F. The van der Waals surface area contributed by atoms with Crippen molar-refractivity contribution in [3.8, 4) is 0 Å². The van der Waals surface area contributed by atoms with E-state index in [1.807, 2.05) is 91.0 Å². The molecule has 0 saturated carbocycles. The summed E-state index contributed by atoms with van der Waals surface area (Å²) in [6, 6.07) is 28.4. The maximum absolute atomic E-state index is 12.6. The minimum Gasteiger partial charge on any atom is -0.542 e. The number of carbonyl (C=O) groups is 3. The van der Waals surface area contributed by atoms with Gasteiger partial charge < -0.3 is 31.0 Å². The minimum atomic E-state index is -5.19. The first-order valence-electron chi connectivity index (χ1n) is 14.1. The normalized spacial score (nSPS) is 12.8. The first kappa shape index (κ1) is 36.3. The number of aliphatic imine (C=N–C) groups is 1. The van der Waals surface area contributed by atoms with Gasteiger partial charge in [0.1, 0.15) is 18.1 Å². The number of carboxylic acids is 1. The number of carbonyl (C=O) groups excluding carboxylic acids is 3. The number of anilines is 1. The second-order valence-corrected chi connectivity index (χ2v) is 10.7. The number of para-hydroxylation sites is 1. The molecule has 3 aromatic carbocycles. The topological polar surface area (TPSA) is 160 Å². The van der Waals surface area contributed by atoms with Gasteiger partial charge in [-0.1, -0.05) is 78.9 Å². The number of pyridine rings is 1. The number of ether oxygens (including phenoxy) is 1. The molecule has 1 heterocycles. The molecule has 0 spiro atoms. The van der Waals surface area contributed by atoms with E-state index in [-0.39, 0.29) is 11.8 Å². The molecule has 10 nitrogen and oxygen atoms in total. The number of rotatable bonds is 10. The molecule has 1 amide bonds. The molecule has 0 bridgehead atoms. The lowest BCUT2D eigenvalue weighted by Crippen LogP contribution is -2.66. The first-order valence-corrected chi connectivity index (χ1v) is 15.1. The maximum atomic E-state index is 12.6. The number of alkyl halides is 3. The Bertz CT molecular complexity index is 1680. The summed E-state index contributed by atoms with van der Waals surface area (Å²) >= 11 is 1.21. The van der Waals surface area contributed by atoms with Crippen molar-refractivity contribution in [1.29, 1.82) is 0 Å². The van der Waals surface area contributed by atoms with Crippen LogP contribution in [0.1, 0.15) is 18.1 Å². The van der Waals surface area contributed by atoms with E-state index in [2.05, 4.69) is 26.3 Å². The Morgan fingerprint density at radius 2 is 1.64 bits per heavy atom. The third-order valence-electron chi connectivity index (χ3n) is 6.05. The number of aromatic nitrogens is 1. The van der Waals surface area contributed by atoms with Crippen LogP contribution in [0.3, 0.4) is 0 Å². The molecule has 4 aromatic rings. The van der Waals surface area contributed by atoms with E-state index in [1.165, 1.54) is 17.8 Å². The summed E-state index contributed by atoms with van der Waals surface area (Å²) < 4.78 is 37.1. The van der Waals surface area contributed by atoms with Crippen molar-refractivity contribution in [2.75, 3.05) is 11.3 Å². The molecule has 4 rings (SSSR count). The highest BCUT2D eigenvalue weighted by Gasteiger charge is 2.28. The van der Waals surface area contributed by atoms with Crippen LogP contribution in [-0.4, -0.2) is 52.3 Å².